The average molecular weight is 268 g/mol. The fourth-order valence-corrected chi connectivity index (χ4v) is 2.77. The molecule has 2 fully saturated rings. The van der Waals surface area contributed by atoms with E-state index >= 15 is 0 Å². The van der Waals surface area contributed by atoms with Crippen molar-refractivity contribution >= 4 is 17.5 Å². The van der Waals surface area contributed by atoms with Crippen molar-refractivity contribution in [3.05, 3.63) is 23.0 Å². The molecular weight excluding hydrogens is 250 g/mol. The van der Waals surface area contributed by atoms with Crippen LogP contribution in [0.3, 0.4) is 0 Å². The van der Waals surface area contributed by atoms with Gasteiger partial charge >= 0.3 is 0 Å². The third-order valence-electron chi connectivity index (χ3n) is 3.74. The van der Waals surface area contributed by atoms with E-state index in [9.17, 15) is 4.79 Å². The Balaban J connectivity index is 1.86. The van der Waals surface area contributed by atoms with Crippen LogP contribution >= 0.6 is 11.6 Å². The number of hydrogen-bond acceptors (Lipinski definition) is 2. The molecule has 2 heterocycles. The van der Waals surface area contributed by atoms with E-state index in [0.717, 1.165) is 38.2 Å². The molecule has 1 saturated heterocycles. The van der Waals surface area contributed by atoms with Crippen LogP contribution in [0.4, 0.5) is 0 Å². The van der Waals surface area contributed by atoms with Crippen molar-refractivity contribution in [2.24, 2.45) is 0 Å². The van der Waals surface area contributed by atoms with Crippen molar-refractivity contribution in [2.45, 2.75) is 31.8 Å². The Morgan fingerprint density at radius 2 is 2.28 bits per heavy atom. The number of amides is 1. The summed E-state index contributed by atoms with van der Waals surface area (Å²) in [5, 5.41) is 3.96. The van der Waals surface area contributed by atoms with Crippen molar-refractivity contribution in [1.82, 2.24) is 14.8 Å². The summed E-state index contributed by atoms with van der Waals surface area (Å²) in [5.41, 5.74) is 0.747. The van der Waals surface area contributed by atoms with E-state index in [1.54, 1.807) is 6.07 Å². The monoisotopic (exact) mass is 267 g/mol. The first-order valence-corrected chi connectivity index (χ1v) is 6.93. The van der Waals surface area contributed by atoms with E-state index in [4.69, 9.17) is 11.6 Å². The van der Waals surface area contributed by atoms with Crippen LogP contribution in [0.1, 0.15) is 36.3 Å². The fraction of sp³-hybridized carbons (Fsp3) is 0.615. The van der Waals surface area contributed by atoms with Gasteiger partial charge in [-0.25, -0.2) is 0 Å². The Morgan fingerprint density at radius 3 is 2.94 bits per heavy atom. The maximum Gasteiger partial charge on any atom is 0.270 e. The lowest BCUT2D eigenvalue weighted by atomic mass is 10.2. The number of carbonyl (C=O) groups excluding carboxylic acids is 1. The van der Waals surface area contributed by atoms with Crippen LogP contribution in [0.2, 0.25) is 5.02 Å². The molecule has 98 valence electrons. The van der Waals surface area contributed by atoms with Crippen LogP contribution in [-0.4, -0.2) is 41.1 Å². The second-order valence-corrected chi connectivity index (χ2v) is 5.67. The molecule has 5 heteroatoms. The first-order chi connectivity index (χ1) is 8.66. The van der Waals surface area contributed by atoms with Gasteiger partial charge in [0.25, 0.3) is 5.91 Å². The standard InChI is InChI=1S/C13H18ClN3O/c1-9-7-15-4-5-16(9)13(18)12-6-10(14)8-17(12)11-2-3-11/h6,8-9,11,15H,2-5,7H2,1H3/t9-/m0/s1. The predicted molar refractivity (Wildman–Crippen MR) is 71.1 cm³/mol. The Bertz CT molecular complexity index is 467. The molecule has 3 rings (SSSR count). The third-order valence-corrected chi connectivity index (χ3v) is 3.94. The number of carbonyl (C=O) groups is 1. The Labute approximate surface area is 112 Å². The number of nitrogens with zero attached hydrogens (tertiary/aromatic N) is 2. The highest BCUT2D eigenvalue weighted by Crippen LogP contribution is 2.37. The zero-order valence-corrected chi connectivity index (χ0v) is 11.3. The summed E-state index contributed by atoms with van der Waals surface area (Å²) in [6, 6.07) is 2.53. The SMILES string of the molecule is C[C@H]1CNCCN1C(=O)c1cc(Cl)cn1C1CC1. The van der Waals surface area contributed by atoms with Crippen LogP contribution in [0, 0.1) is 0 Å². The van der Waals surface area contributed by atoms with Crippen molar-refractivity contribution in [3.63, 3.8) is 0 Å². The summed E-state index contributed by atoms with van der Waals surface area (Å²) < 4.78 is 2.05. The van der Waals surface area contributed by atoms with Gasteiger partial charge in [0, 0.05) is 37.9 Å². The minimum absolute atomic E-state index is 0.114. The van der Waals surface area contributed by atoms with Gasteiger partial charge in [0.2, 0.25) is 0 Å². The summed E-state index contributed by atoms with van der Waals surface area (Å²) in [4.78, 5) is 14.5. The van der Waals surface area contributed by atoms with Gasteiger partial charge in [0.1, 0.15) is 5.69 Å². The Kier molecular flexibility index (Phi) is 3.08. The third kappa shape index (κ3) is 2.15. The molecule has 2 aliphatic rings. The second-order valence-electron chi connectivity index (χ2n) is 5.23. The zero-order valence-electron chi connectivity index (χ0n) is 10.5. The van der Waals surface area contributed by atoms with Gasteiger partial charge in [-0.05, 0) is 25.8 Å². The minimum atomic E-state index is 0.114. The maximum absolute atomic E-state index is 12.6. The topological polar surface area (TPSA) is 37.3 Å². The van der Waals surface area contributed by atoms with Crippen molar-refractivity contribution in [2.75, 3.05) is 19.6 Å². The minimum Gasteiger partial charge on any atom is -0.339 e. The Hall–Kier alpha value is -1.00. The lowest BCUT2D eigenvalue weighted by molar-refractivity contribution is 0.0644. The number of halogens is 1. The van der Waals surface area contributed by atoms with Crippen LogP contribution in [-0.2, 0) is 0 Å². The van der Waals surface area contributed by atoms with Gasteiger partial charge in [0.15, 0.2) is 0 Å². The second kappa shape index (κ2) is 4.59. The normalized spacial score (nSPS) is 24.3. The molecule has 1 N–H and O–H groups in total. The number of nitrogens with one attached hydrogen (secondary N) is 1. The molecule has 1 aromatic rings. The summed E-state index contributed by atoms with van der Waals surface area (Å²) in [6.07, 6.45) is 4.20. The highest BCUT2D eigenvalue weighted by Gasteiger charge is 2.31. The number of aromatic nitrogens is 1. The molecule has 0 bridgehead atoms. The van der Waals surface area contributed by atoms with E-state index in [0.29, 0.717) is 11.1 Å². The van der Waals surface area contributed by atoms with Gasteiger partial charge in [0.05, 0.1) is 5.02 Å². The molecule has 18 heavy (non-hydrogen) atoms. The maximum atomic E-state index is 12.6. The zero-order chi connectivity index (χ0) is 12.7. The van der Waals surface area contributed by atoms with Crippen LogP contribution in [0.5, 0.6) is 0 Å². The lowest BCUT2D eigenvalue weighted by Gasteiger charge is -2.34. The smallest absolute Gasteiger partial charge is 0.270 e. The molecule has 0 radical (unpaired) electrons. The Morgan fingerprint density at radius 1 is 1.50 bits per heavy atom. The molecule has 0 spiro atoms. The highest BCUT2D eigenvalue weighted by atomic mass is 35.5. The van der Waals surface area contributed by atoms with Crippen LogP contribution in [0.25, 0.3) is 0 Å². The molecule has 0 unspecified atom stereocenters. The van der Waals surface area contributed by atoms with E-state index < -0.39 is 0 Å². The summed E-state index contributed by atoms with van der Waals surface area (Å²) >= 11 is 6.05. The number of piperazine rings is 1. The van der Waals surface area contributed by atoms with Crippen molar-refractivity contribution in [1.29, 1.82) is 0 Å². The van der Waals surface area contributed by atoms with Gasteiger partial charge in [-0.15, -0.1) is 0 Å². The van der Waals surface area contributed by atoms with Crippen molar-refractivity contribution < 1.29 is 4.79 Å². The number of rotatable bonds is 2. The summed E-state index contributed by atoms with van der Waals surface area (Å²) in [6.45, 7) is 4.58. The van der Waals surface area contributed by atoms with E-state index in [1.807, 2.05) is 11.1 Å². The molecular formula is C13H18ClN3O. The summed E-state index contributed by atoms with van der Waals surface area (Å²) in [7, 11) is 0. The van der Waals surface area contributed by atoms with Crippen LogP contribution < -0.4 is 5.32 Å². The average Bonchev–Trinajstić information content (AvgIpc) is 3.12. The van der Waals surface area contributed by atoms with Crippen molar-refractivity contribution in [3.8, 4) is 0 Å². The largest absolute Gasteiger partial charge is 0.339 e. The highest BCUT2D eigenvalue weighted by molar-refractivity contribution is 6.31. The van der Waals surface area contributed by atoms with Gasteiger partial charge in [-0.3, -0.25) is 4.79 Å². The molecule has 1 aliphatic heterocycles. The molecule has 1 atom stereocenters. The quantitative estimate of drug-likeness (QED) is 0.889. The van der Waals surface area contributed by atoms with E-state index in [-0.39, 0.29) is 11.9 Å². The molecule has 0 aromatic carbocycles. The van der Waals surface area contributed by atoms with Gasteiger partial charge in [-0.2, -0.15) is 0 Å². The lowest BCUT2D eigenvalue weighted by Crippen LogP contribution is -2.52. The first kappa shape index (κ1) is 12.1. The van der Waals surface area contributed by atoms with Crippen LogP contribution in [0.15, 0.2) is 12.3 Å². The van der Waals surface area contributed by atoms with Gasteiger partial charge < -0.3 is 14.8 Å². The predicted octanol–water partition coefficient (Wildman–Crippen LogP) is 1.91. The molecule has 1 amide bonds. The molecule has 1 saturated carbocycles. The molecule has 1 aromatic heterocycles. The molecule has 4 nitrogen and oxygen atoms in total. The number of hydrogen-bond donors (Lipinski definition) is 1. The van der Waals surface area contributed by atoms with E-state index in [1.165, 1.54) is 0 Å². The van der Waals surface area contributed by atoms with Gasteiger partial charge in [-0.1, -0.05) is 11.6 Å². The fourth-order valence-electron chi connectivity index (χ4n) is 2.56. The summed E-state index contributed by atoms with van der Waals surface area (Å²) in [5.74, 6) is 0.114. The first-order valence-electron chi connectivity index (χ1n) is 6.56. The van der Waals surface area contributed by atoms with E-state index in [2.05, 4.69) is 16.8 Å². The molecule has 1 aliphatic carbocycles.